The molecule has 0 radical (unpaired) electrons. The Kier molecular flexibility index (Phi) is 4.97. The van der Waals surface area contributed by atoms with Gasteiger partial charge in [0.15, 0.2) is 0 Å². The van der Waals surface area contributed by atoms with Crippen molar-refractivity contribution in [2.75, 3.05) is 13.2 Å². The fourth-order valence-corrected chi connectivity index (χ4v) is 5.24. The molecule has 2 aliphatic carbocycles. The van der Waals surface area contributed by atoms with Crippen LogP contribution in [0.15, 0.2) is 0 Å². The van der Waals surface area contributed by atoms with E-state index in [0.717, 1.165) is 26.0 Å². The van der Waals surface area contributed by atoms with Crippen molar-refractivity contribution in [3.8, 4) is 0 Å². The Labute approximate surface area is 132 Å². The van der Waals surface area contributed by atoms with Crippen LogP contribution in [-0.2, 0) is 16.8 Å². The normalized spacial score (nSPS) is 24.8. The van der Waals surface area contributed by atoms with Crippen molar-refractivity contribution in [2.45, 2.75) is 76.9 Å². The van der Waals surface area contributed by atoms with Crippen molar-refractivity contribution in [1.29, 1.82) is 0 Å². The largest absolute Gasteiger partial charge is 0.368 e. The van der Waals surface area contributed by atoms with Crippen LogP contribution in [-0.4, -0.2) is 18.1 Å². The maximum atomic E-state index is 6.26. The summed E-state index contributed by atoms with van der Waals surface area (Å²) in [5, 5.41) is 4.87. The van der Waals surface area contributed by atoms with Gasteiger partial charge in [0.05, 0.1) is 11.7 Å². The fourth-order valence-electron chi connectivity index (χ4n) is 3.88. The molecular formula is C17H28N2OS. The van der Waals surface area contributed by atoms with Crippen molar-refractivity contribution in [2.24, 2.45) is 0 Å². The molecule has 1 fully saturated rings. The van der Waals surface area contributed by atoms with Crippen molar-refractivity contribution >= 4 is 11.3 Å². The molecule has 0 aliphatic heterocycles. The van der Waals surface area contributed by atoms with E-state index in [1.54, 1.807) is 0 Å². The third-order valence-electron chi connectivity index (χ3n) is 4.88. The third-order valence-corrected chi connectivity index (χ3v) is 6.19. The van der Waals surface area contributed by atoms with Crippen LogP contribution >= 0.6 is 11.3 Å². The van der Waals surface area contributed by atoms with Crippen LogP contribution in [0.3, 0.4) is 0 Å². The van der Waals surface area contributed by atoms with E-state index in [1.165, 1.54) is 54.1 Å². The smallest absolute Gasteiger partial charge is 0.125 e. The molecule has 1 heterocycles. The number of hydrogen-bond acceptors (Lipinski definition) is 4. The summed E-state index contributed by atoms with van der Waals surface area (Å²) in [5.74, 6) is 0. The monoisotopic (exact) mass is 308 g/mol. The van der Waals surface area contributed by atoms with Gasteiger partial charge in [-0.15, -0.1) is 11.3 Å². The predicted molar refractivity (Wildman–Crippen MR) is 87.9 cm³/mol. The average Bonchev–Trinajstić information content (AvgIpc) is 2.95. The highest BCUT2D eigenvalue weighted by Gasteiger charge is 2.39. The summed E-state index contributed by atoms with van der Waals surface area (Å²) in [7, 11) is 0. The van der Waals surface area contributed by atoms with Gasteiger partial charge in [-0.3, -0.25) is 0 Å². The van der Waals surface area contributed by atoms with Gasteiger partial charge in [-0.1, -0.05) is 26.2 Å². The summed E-state index contributed by atoms with van der Waals surface area (Å²) in [4.78, 5) is 6.60. The van der Waals surface area contributed by atoms with E-state index in [0.29, 0.717) is 6.04 Å². The van der Waals surface area contributed by atoms with Crippen molar-refractivity contribution in [3.63, 3.8) is 0 Å². The lowest BCUT2D eigenvalue weighted by atomic mass is 9.85. The number of thiazole rings is 1. The molecule has 118 valence electrons. The summed E-state index contributed by atoms with van der Waals surface area (Å²) in [6.07, 6.45) is 9.93. The Morgan fingerprint density at radius 2 is 2.05 bits per heavy atom. The number of nitrogens with one attached hydrogen (secondary N) is 1. The second kappa shape index (κ2) is 6.76. The fraction of sp³-hybridized carbons (Fsp3) is 0.824. The molecule has 1 N–H and O–H groups in total. The standard InChI is InChI=1S/C17H28N2OS/c1-3-18-13-9-8-10-14-15(13)19-16(21-14)17(20-4-2)11-6-5-7-12-17/h13,18H,3-12H2,1-2H3. The zero-order valence-electron chi connectivity index (χ0n) is 13.4. The molecule has 1 aromatic heterocycles. The minimum absolute atomic E-state index is 0.0776. The molecule has 0 saturated heterocycles. The van der Waals surface area contributed by atoms with E-state index < -0.39 is 0 Å². The Bertz CT molecular complexity index is 460. The number of ether oxygens (including phenoxy) is 1. The van der Waals surface area contributed by atoms with E-state index in [9.17, 15) is 0 Å². The summed E-state index contributed by atoms with van der Waals surface area (Å²) in [6, 6.07) is 0.464. The van der Waals surface area contributed by atoms with Gasteiger partial charge in [0.2, 0.25) is 0 Å². The van der Waals surface area contributed by atoms with Crippen LogP contribution in [0.4, 0.5) is 0 Å². The van der Waals surface area contributed by atoms with Gasteiger partial charge in [0.1, 0.15) is 10.6 Å². The van der Waals surface area contributed by atoms with Crippen LogP contribution in [0, 0.1) is 0 Å². The topological polar surface area (TPSA) is 34.1 Å². The number of fused-ring (bicyclic) bond motifs is 1. The molecule has 0 aromatic carbocycles. The number of rotatable bonds is 5. The maximum Gasteiger partial charge on any atom is 0.125 e. The molecule has 4 heteroatoms. The van der Waals surface area contributed by atoms with Gasteiger partial charge in [-0.05, 0) is 45.6 Å². The molecule has 1 unspecified atom stereocenters. The first kappa shape index (κ1) is 15.4. The van der Waals surface area contributed by atoms with Gasteiger partial charge in [0.25, 0.3) is 0 Å². The van der Waals surface area contributed by atoms with Gasteiger partial charge in [-0.2, -0.15) is 0 Å². The molecule has 0 spiro atoms. The Hall–Kier alpha value is -0.450. The van der Waals surface area contributed by atoms with Crippen molar-refractivity contribution in [1.82, 2.24) is 10.3 Å². The summed E-state index contributed by atoms with van der Waals surface area (Å²) in [5.41, 5.74) is 1.25. The number of nitrogens with zero attached hydrogens (tertiary/aromatic N) is 1. The van der Waals surface area contributed by atoms with E-state index in [-0.39, 0.29) is 5.60 Å². The molecule has 2 aliphatic rings. The minimum atomic E-state index is -0.0776. The van der Waals surface area contributed by atoms with E-state index in [1.807, 2.05) is 11.3 Å². The lowest BCUT2D eigenvalue weighted by molar-refractivity contribution is -0.0705. The summed E-state index contributed by atoms with van der Waals surface area (Å²) in [6.45, 7) is 6.12. The molecule has 0 bridgehead atoms. The van der Waals surface area contributed by atoms with Crippen LogP contribution < -0.4 is 5.32 Å². The molecule has 21 heavy (non-hydrogen) atoms. The Balaban J connectivity index is 1.91. The number of aryl methyl sites for hydroxylation is 1. The molecule has 1 atom stereocenters. The quantitative estimate of drug-likeness (QED) is 0.879. The van der Waals surface area contributed by atoms with Gasteiger partial charge in [0, 0.05) is 11.5 Å². The van der Waals surface area contributed by atoms with Gasteiger partial charge in [-0.25, -0.2) is 4.98 Å². The van der Waals surface area contributed by atoms with E-state index in [2.05, 4.69) is 19.2 Å². The van der Waals surface area contributed by atoms with Crippen LogP contribution in [0.25, 0.3) is 0 Å². The Morgan fingerprint density at radius 3 is 2.76 bits per heavy atom. The summed E-state index contributed by atoms with van der Waals surface area (Å²) < 4.78 is 6.26. The molecule has 1 aromatic rings. The SMILES string of the molecule is CCNC1CCCc2sc(C3(OCC)CCCCC3)nc21. The highest BCUT2D eigenvalue weighted by Crippen LogP contribution is 2.45. The van der Waals surface area contributed by atoms with E-state index in [4.69, 9.17) is 9.72 Å². The average molecular weight is 308 g/mol. The lowest BCUT2D eigenvalue weighted by Crippen LogP contribution is -2.32. The molecular weight excluding hydrogens is 280 g/mol. The first-order valence-electron chi connectivity index (χ1n) is 8.66. The molecule has 3 rings (SSSR count). The first-order valence-corrected chi connectivity index (χ1v) is 9.48. The van der Waals surface area contributed by atoms with Crippen LogP contribution in [0.2, 0.25) is 0 Å². The summed E-state index contributed by atoms with van der Waals surface area (Å²) >= 11 is 1.93. The van der Waals surface area contributed by atoms with Gasteiger partial charge >= 0.3 is 0 Å². The highest BCUT2D eigenvalue weighted by atomic mass is 32.1. The van der Waals surface area contributed by atoms with Gasteiger partial charge < -0.3 is 10.1 Å². The molecule has 1 saturated carbocycles. The highest BCUT2D eigenvalue weighted by molar-refractivity contribution is 7.11. The predicted octanol–water partition coefficient (Wildman–Crippen LogP) is 4.33. The van der Waals surface area contributed by atoms with Crippen molar-refractivity contribution in [3.05, 3.63) is 15.6 Å². The van der Waals surface area contributed by atoms with Crippen LogP contribution in [0.1, 0.15) is 80.4 Å². The zero-order chi connectivity index (χ0) is 14.7. The Morgan fingerprint density at radius 1 is 1.24 bits per heavy atom. The van der Waals surface area contributed by atoms with E-state index >= 15 is 0 Å². The number of hydrogen-bond donors (Lipinski definition) is 1. The first-order chi connectivity index (χ1) is 10.3. The third kappa shape index (κ3) is 3.03. The maximum absolute atomic E-state index is 6.26. The van der Waals surface area contributed by atoms with Crippen molar-refractivity contribution < 1.29 is 4.74 Å². The minimum Gasteiger partial charge on any atom is -0.368 e. The number of aromatic nitrogens is 1. The molecule has 0 amide bonds. The zero-order valence-corrected chi connectivity index (χ0v) is 14.2. The second-order valence-electron chi connectivity index (χ2n) is 6.32. The lowest BCUT2D eigenvalue weighted by Gasteiger charge is -2.35. The second-order valence-corrected chi connectivity index (χ2v) is 7.40. The van der Waals surface area contributed by atoms with Crippen LogP contribution in [0.5, 0.6) is 0 Å². The molecule has 3 nitrogen and oxygen atoms in total.